The molecule has 226 valence electrons. The van der Waals surface area contributed by atoms with Gasteiger partial charge in [-0.1, -0.05) is 66.7 Å². The maximum absolute atomic E-state index is 14.1. The number of aliphatic hydroxyl groups excluding tert-OH is 1. The van der Waals surface area contributed by atoms with Crippen molar-refractivity contribution in [1.29, 1.82) is 0 Å². The monoisotopic (exact) mass is 613 g/mol. The van der Waals surface area contributed by atoms with Crippen molar-refractivity contribution in [3.63, 3.8) is 0 Å². The Kier molecular flexibility index (Phi) is 9.19. The van der Waals surface area contributed by atoms with Crippen LogP contribution in [0.1, 0.15) is 25.1 Å². The average Bonchev–Trinajstić information content (AvgIpc) is 3.37. The normalized spacial score (nSPS) is 20.4. The van der Waals surface area contributed by atoms with Crippen LogP contribution in [0.5, 0.6) is 5.75 Å². The van der Waals surface area contributed by atoms with Gasteiger partial charge in [0.2, 0.25) is 5.82 Å². The summed E-state index contributed by atoms with van der Waals surface area (Å²) in [5.74, 6) is -1.71. The molecule has 5 rings (SSSR count). The van der Waals surface area contributed by atoms with E-state index in [-0.39, 0.29) is 18.8 Å². The van der Waals surface area contributed by atoms with Gasteiger partial charge >= 0.3 is 19.4 Å². The van der Waals surface area contributed by atoms with E-state index >= 15 is 0 Å². The summed E-state index contributed by atoms with van der Waals surface area (Å²) in [5.41, 5.74) is -1.36. The van der Waals surface area contributed by atoms with Crippen molar-refractivity contribution in [1.82, 2.24) is 14.6 Å². The number of carbonyl (C=O) groups excluding carboxylic acids is 1. The number of nitrogens with one attached hydrogen (secondary N) is 2. The summed E-state index contributed by atoms with van der Waals surface area (Å²) < 4.78 is 51.4. The summed E-state index contributed by atoms with van der Waals surface area (Å²) in [4.78, 5) is 38.2. The molecule has 12 nitrogen and oxygen atoms in total. The zero-order valence-electron chi connectivity index (χ0n) is 22.9. The Morgan fingerprint density at radius 1 is 1.14 bits per heavy atom. The molecule has 0 amide bonds. The minimum Gasteiger partial charge on any atom is -0.460 e. The first-order valence-corrected chi connectivity index (χ1v) is 14.9. The molecular weight excluding hydrogens is 584 g/mol. The van der Waals surface area contributed by atoms with Crippen molar-refractivity contribution < 1.29 is 37.4 Å². The van der Waals surface area contributed by atoms with Gasteiger partial charge in [-0.25, -0.2) is 9.36 Å². The number of esters is 1. The largest absolute Gasteiger partial charge is 0.460 e. The zero-order chi connectivity index (χ0) is 30.6. The number of halogens is 1. The van der Waals surface area contributed by atoms with Crippen LogP contribution in [-0.4, -0.2) is 45.5 Å². The molecule has 4 aromatic rings. The smallest absolute Gasteiger partial charge is 0.459 e. The van der Waals surface area contributed by atoms with Gasteiger partial charge < -0.3 is 19.1 Å². The minimum absolute atomic E-state index is 0.00472. The number of carbonyl (C=O) groups is 1. The molecule has 0 bridgehead atoms. The Bertz CT molecular complexity index is 1760. The van der Waals surface area contributed by atoms with Gasteiger partial charge in [0.05, 0.1) is 18.9 Å². The molecule has 1 saturated heterocycles. The number of benzene rings is 3. The Morgan fingerprint density at radius 2 is 1.86 bits per heavy atom. The predicted octanol–water partition coefficient (Wildman–Crippen LogP) is 3.40. The standard InChI is InChI=1S/C29H29FN3O9P/c1-18(28(36)39-16-19-8-3-2-4-9-19)32-43(38,42-24-13-7-11-20-10-5-6-12-21(20)24)40-17-25-23(34)14-26(41-25)33-15-22(30)27(35)31-29(33)37/h2-13,15,18,23,25-26,34H,14,16-17H2,1H3,(H,32,38)(H,31,35,37)/t18-,23+,25-,26-,43-/m1/s1. The second-order valence-electron chi connectivity index (χ2n) is 9.88. The highest BCUT2D eigenvalue weighted by Crippen LogP contribution is 2.47. The van der Waals surface area contributed by atoms with Gasteiger partial charge in [0.1, 0.15) is 30.7 Å². The summed E-state index contributed by atoms with van der Waals surface area (Å²) in [7, 11) is -4.36. The number of nitrogens with zero attached hydrogens (tertiary/aromatic N) is 1. The molecule has 3 aromatic carbocycles. The van der Waals surface area contributed by atoms with Gasteiger partial charge in [-0.3, -0.25) is 23.7 Å². The van der Waals surface area contributed by atoms with E-state index in [4.69, 9.17) is 18.5 Å². The number of aromatic nitrogens is 2. The number of aliphatic hydroxyl groups is 1. The fraction of sp³-hybridized carbons (Fsp3) is 0.276. The van der Waals surface area contributed by atoms with E-state index in [0.717, 1.165) is 15.5 Å². The van der Waals surface area contributed by atoms with Crippen molar-refractivity contribution in [2.24, 2.45) is 0 Å². The summed E-state index contributed by atoms with van der Waals surface area (Å²) in [6.07, 6.45) is -2.95. The lowest BCUT2D eigenvalue weighted by molar-refractivity contribution is -0.146. The fourth-order valence-electron chi connectivity index (χ4n) is 4.52. The Hall–Kier alpha value is -4.13. The molecule has 43 heavy (non-hydrogen) atoms. The van der Waals surface area contributed by atoms with Crippen LogP contribution < -0.4 is 20.9 Å². The molecule has 3 N–H and O–H groups in total. The number of H-pyrrole nitrogens is 1. The molecule has 0 unspecified atom stereocenters. The number of ether oxygens (including phenoxy) is 2. The number of hydrogen-bond acceptors (Lipinski definition) is 9. The van der Waals surface area contributed by atoms with Crippen molar-refractivity contribution in [2.75, 3.05) is 6.61 Å². The molecule has 1 aliphatic rings. The Labute approximate surface area is 244 Å². The van der Waals surface area contributed by atoms with Crippen molar-refractivity contribution in [3.05, 3.63) is 111 Å². The van der Waals surface area contributed by atoms with Gasteiger partial charge in [-0.05, 0) is 23.9 Å². The first kappa shape index (κ1) is 30.3. The van der Waals surface area contributed by atoms with E-state index in [1.807, 2.05) is 29.2 Å². The van der Waals surface area contributed by atoms with Crippen LogP contribution in [0.4, 0.5) is 4.39 Å². The predicted molar refractivity (Wildman–Crippen MR) is 153 cm³/mol. The molecular formula is C29H29FN3O9P. The highest BCUT2D eigenvalue weighted by molar-refractivity contribution is 7.52. The molecule has 0 spiro atoms. The molecule has 0 aliphatic carbocycles. The maximum atomic E-state index is 14.1. The number of aromatic amines is 1. The van der Waals surface area contributed by atoms with E-state index in [0.29, 0.717) is 11.6 Å². The van der Waals surface area contributed by atoms with Crippen LogP contribution in [-0.2, 0) is 30.0 Å². The molecule has 0 saturated carbocycles. The van der Waals surface area contributed by atoms with E-state index in [1.54, 1.807) is 48.5 Å². The topological polar surface area (TPSA) is 158 Å². The van der Waals surface area contributed by atoms with Crippen molar-refractivity contribution >= 4 is 24.5 Å². The molecule has 5 atom stereocenters. The van der Waals surface area contributed by atoms with E-state index < -0.39 is 61.9 Å². The summed E-state index contributed by atoms with van der Waals surface area (Å²) in [6, 6.07) is 20.2. The Morgan fingerprint density at radius 3 is 2.65 bits per heavy atom. The van der Waals surface area contributed by atoms with Gasteiger partial charge in [-0.15, -0.1) is 0 Å². The molecule has 1 fully saturated rings. The fourth-order valence-corrected chi connectivity index (χ4v) is 6.04. The van der Waals surface area contributed by atoms with E-state index in [9.17, 15) is 28.4 Å². The second kappa shape index (κ2) is 13.0. The third-order valence-corrected chi connectivity index (χ3v) is 8.37. The van der Waals surface area contributed by atoms with Crippen LogP contribution in [0.2, 0.25) is 0 Å². The lowest BCUT2D eigenvalue weighted by Crippen LogP contribution is -2.36. The highest BCUT2D eigenvalue weighted by Gasteiger charge is 2.40. The van der Waals surface area contributed by atoms with Crippen molar-refractivity contribution in [2.45, 2.75) is 44.4 Å². The molecule has 14 heteroatoms. The summed E-state index contributed by atoms with van der Waals surface area (Å²) >= 11 is 0. The van der Waals surface area contributed by atoms with Gasteiger partial charge in [-0.2, -0.15) is 9.48 Å². The maximum Gasteiger partial charge on any atom is 0.459 e. The van der Waals surface area contributed by atoms with E-state index in [1.165, 1.54) is 6.92 Å². The molecule has 1 aliphatic heterocycles. The first-order valence-electron chi connectivity index (χ1n) is 13.4. The summed E-state index contributed by atoms with van der Waals surface area (Å²) in [6.45, 7) is 0.929. The quantitative estimate of drug-likeness (QED) is 0.169. The highest BCUT2D eigenvalue weighted by atomic mass is 31.2. The summed E-state index contributed by atoms with van der Waals surface area (Å²) in [5, 5.41) is 14.6. The first-order chi connectivity index (χ1) is 20.6. The van der Waals surface area contributed by atoms with Crippen LogP contribution in [0.25, 0.3) is 10.8 Å². The number of hydrogen-bond donors (Lipinski definition) is 3. The van der Waals surface area contributed by atoms with Gasteiger partial charge in [0.25, 0.3) is 5.56 Å². The minimum atomic E-state index is -4.36. The lowest BCUT2D eigenvalue weighted by atomic mass is 10.1. The Balaban J connectivity index is 1.33. The third-order valence-electron chi connectivity index (χ3n) is 6.74. The van der Waals surface area contributed by atoms with E-state index in [2.05, 4.69) is 5.09 Å². The molecule has 2 heterocycles. The molecule has 1 aromatic heterocycles. The number of fused-ring (bicyclic) bond motifs is 1. The van der Waals surface area contributed by atoms with Crippen LogP contribution in [0, 0.1) is 5.82 Å². The van der Waals surface area contributed by atoms with Crippen LogP contribution >= 0.6 is 7.75 Å². The average molecular weight is 614 g/mol. The van der Waals surface area contributed by atoms with Crippen LogP contribution in [0.3, 0.4) is 0 Å². The lowest BCUT2D eigenvalue weighted by Gasteiger charge is -2.25. The second-order valence-corrected chi connectivity index (χ2v) is 11.6. The van der Waals surface area contributed by atoms with Gasteiger partial charge in [0, 0.05) is 11.8 Å². The zero-order valence-corrected chi connectivity index (χ0v) is 23.8. The van der Waals surface area contributed by atoms with Gasteiger partial charge in [0.15, 0.2) is 0 Å². The number of rotatable bonds is 11. The SMILES string of the molecule is C[C@@H](N[P@@](=O)(OC[C@H]1O[C@@H](n2cc(F)c(=O)[nH]c2=O)C[C@@H]1O)Oc1cccc2ccccc12)C(=O)OCc1ccccc1. The third kappa shape index (κ3) is 7.27. The van der Waals surface area contributed by atoms with Crippen molar-refractivity contribution in [3.8, 4) is 5.75 Å². The van der Waals surface area contributed by atoms with Crippen LogP contribution in [0.15, 0.2) is 88.6 Å². The molecule has 0 radical (unpaired) electrons.